The van der Waals surface area contributed by atoms with Crippen LogP contribution in [-0.2, 0) is 4.79 Å². The molecule has 0 saturated heterocycles. The van der Waals surface area contributed by atoms with E-state index in [9.17, 15) is 4.79 Å². The first-order valence-corrected chi connectivity index (χ1v) is 4.72. The average Bonchev–Trinajstić information content (AvgIpc) is 2.10. The van der Waals surface area contributed by atoms with E-state index in [0.717, 1.165) is 25.9 Å². The van der Waals surface area contributed by atoms with Crippen LogP contribution in [0.3, 0.4) is 0 Å². The lowest BCUT2D eigenvalue weighted by Gasteiger charge is -2.01. The van der Waals surface area contributed by atoms with Crippen molar-refractivity contribution in [3.05, 3.63) is 0 Å². The fourth-order valence-corrected chi connectivity index (χ4v) is 1.01. The molecule has 0 rings (SSSR count). The number of unbranched alkanes of at least 4 members (excludes halogenated alkanes) is 2. The highest BCUT2D eigenvalue weighted by Crippen LogP contribution is 1.98. The molecule has 0 fully saturated rings. The van der Waals surface area contributed by atoms with Crippen LogP contribution in [0.4, 0.5) is 0 Å². The van der Waals surface area contributed by atoms with Gasteiger partial charge in [0.05, 0.1) is 0 Å². The Bertz CT molecular complexity index is 115. The van der Waals surface area contributed by atoms with E-state index in [2.05, 4.69) is 17.6 Å². The van der Waals surface area contributed by atoms with Gasteiger partial charge in [0.1, 0.15) is 0 Å². The van der Waals surface area contributed by atoms with Gasteiger partial charge in [0.15, 0.2) is 0 Å². The fourth-order valence-electron chi connectivity index (χ4n) is 1.01. The molecule has 3 heteroatoms. The zero-order valence-corrected chi connectivity index (χ0v) is 8.15. The number of carbonyl (C=O) groups excluding carboxylic acids is 1. The van der Waals surface area contributed by atoms with Gasteiger partial charge in [-0.3, -0.25) is 4.79 Å². The highest BCUT2D eigenvalue weighted by Gasteiger charge is 1.96. The Hall–Kier alpha value is -0.570. The third-order valence-corrected chi connectivity index (χ3v) is 1.79. The Morgan fingerprint density at radius 2 is 2.00 bits per heavy atom. The van der Waals surface area contributed by atoms with Crippen LogP contribution in [-0.4, -0.2) is 26.0 Å². The minimum absolute atomic E-state index is 0.151. The topological polar surface area (TPSA) is 41.1 Å². The van der Waals surface area contributed by atoms with Crippen LogP contribution in [0.5, 0.6) is 0 Å². The highest BCUT2D eigenvalue weighted by molar-refractivity contribution is 5.75. The van der Waals surface area contributed by atoms with E-state index >= 15 is 0 Å². The molecule has 0 aliphatic heterocycles. The van der Waals surface area contributed by atoms with Crippen LogP contribution in [0.25, 0.3) is 0 Å². The summed E-state index contributed by atoms with van der Waals surface area (Å²) in [5.41, 5.74) is 0. The maximum Gasteiger partial charge on any atom is 0.219 e. The third kappa shape index (κ3) is 7.54. The molecule has 72 valence electrons. The molecule has 0 aromatic heterocycles. The normalized spacial score (nSPS) is 9.83. The smallest absolute Gasteiger partial charge is 0.219 e. The largest absolute Gasteiger partial charge is 0.359 e. The van der Waals surface area contributed by atoms with Crippen LogP contribution in [0.2, 0.25) is 0 Å². The summed E-state index contributed by atoms with van der Waals surface area (Å²) in [7, 11) is 1.68. The summed E-state index contributed by atoms with van der Waals surface area (Å²) < 4.78 is 0. The summed E-state index contributed by atoms with van der Waals surface area (Å²) in [5, 5.41) is 5.86. The van der Waals surface area contributed by atoms with Gasteiger partial charge < -0.3 is 10.6 Å². The molecule has 0 radical (unpaired) electrons. The molecule has 0 saturated carbocycles. The number of hydrogen-bond donors (Lipinski definition) is 2. The Labute approximate surface area is 74.9 Å². The maximum atomic E-state index is 10.8. The van der Waals surface area contributed by atoms with Crippen LogP contribution in [0, 0.1) is 0 Å². The van der Waals surface area contributed by atoms with Gasteiger partial charge in [0.2, 0.25) is 5.91 Å². The molecule has 0 heterocycles. The van der Waals surface area contributed by atoms with Crippen LogP contribution in [0.15, 0.2) is 0 Å². The molecule has 0 aromatic rings. The molecule has 0 aliphatic carbocycles. The average molecular weight is 172 g/mol. The molecule has 0 bridgehead atoms. The van der Waals surface area contributed by atoms with Crippen molar-refractivity contribution in [1.29, 1.82) is 0 Å². The molecule has 0 unspecified atom stereocenters. The summed E-state index contributed by atoms with van der Waals surface area (Å²) in [4.78, 5) is 10.8. The van der Waals surface area contributed by atoms with Crippen LogP contribution < -0.4 is 10.6 Å². The van der Waals surface area contributed by atoms with E-state index in [0.29, 0.717) is 6.42 Å². The summed E-state index contributed by atoms with van der Waals surface area (Å²) in [5.74, 6) is 0.151. The van der Waals surface area contributed by atoms with Gasteiger partial charge in [0.25, 0.3) is 0 Å². The van der Waals surface area contributed by atoms with Crippen molar-refractivity contribution in [2.45, 2.75) is 32.6 Å². The lowest BCUT2D eigenvalue weighted by Crippen LogP contribution is -2.17. The molecule has 12 heavy (non-hydrogen) atoms. The molecule has 1 amide bonds. The zero-order valence-electron chi connectivity index (χ0n) is 8.15. The first-order chi connectivity index (χ1) is 5.81. The predicted octanol–water partition coefficient (Wildman–Crippen LogP) is 0.902. The number of nitrogens with one attached hydrogen (secondary N) is 2. The molecule has 0 aliphatic rings. The minimum atomic E-state index is 0.151. The number of rotatable bonds is 7. The monoisotopic (exact) mass is 172 g/mol. The molecular weight excluding hydrogens is 152 g/mol. The minimum Gasteiger partial charge on any atom is -0.359 e. The second-order valence-corrected chi connectivity index (χ2v) is 2.84. The van der Waals surface area contributed by atoms with Gasteiger partial charge in [-0.05, 0) is 25.9 Å². The first-order valence-electron chi connectivity index (χ1n) is 4.72. The second kappa shape index (κ2) is 8.53. The zero-order chi connectivity index (χ0) is 9.23. The quantitative estimate of drug-likeness (QED) is 0.560. The van der Waals surface area contributed by atoms with Crippen molar-refractivity contribution >= 4 is 5.91 Å². The number of carbonyl (C=O) groups is 1. The molecule has 3 nitrogen and oxygen atoms in total. The van der Waals surface area contributed by atoms with Crippen molar-refractivity contribution in [2.24, 2.45) is 0 Å². The molecule has 2 N–H and O–H groups in total. The van der Waals surface area contributed by atoms with E-state index in [1.54, 1.807) is 7.05 Å². The standard InChI is InChI=1S/C9H20N2O/c1-3-11-8-6-4-5-7-9(12)10-2/h11H,3-8H2,1-2H3,(H,10,12). The number of hydrogen-bond acceptors (Lipinski definition) is 2. The third-order valence-electron chi connectivity index (χ3n) is 1.79. The predicted molar refractivity (Wildman–Crippen MR) is 51.1 cm³/mol. The number of amides is 1. The van der Waals surface area contributed by atoms with Gasteiger partial charge >= 0.3 is 0 Å². The highest BCUT2D eigenvalue weighted by atomic mass is 16.1. The molecule has 0 spiro atoms. The van der Waals surface area contributed by atoms with Crippen molar-refractivity contribution in [3.8, 4) is 0 Å². The van der Waals surface area contributed by atoms with Gasteiger partial charge in [-0.15, -0.1) is 0 Å². The van der Waals surface area contributed by atoms with Crippen molar-refractivity contribution < 1.29 is 4.79 Å². The Morgan fingerprint density at radius 3 is 2.58 bits per heavy atom. The molecule has 0 atom stereocenters. The lowest BCUT2D eigenvalue weighted by atomic mass is 10.2. The van der Waals surface area contributed by atoms with Gasteiger partial charge in [0, 0.05) is 13.5 Å². The Balaban J connectivity index is 2.95. The van der Waals surface area contributed by atoms with E-state index < -0.39 is 0 Å². The molecule has 0 aromatic carbocycles. The van der Waals surface area contributed by atoms with Crippen molar-refractivity contribution in [3.63, 3.8) is 0 Å². The SMILES string of the molecule is CCNCCCCCC(=O)NC. The fraction of sp³-hybridized carbons (Fsp3) is 0.889. The second-order valence-electron chi connectivity index (χ2n) is 2.84. The van der Waals surface area contributed by atoms with E-state index in [-0.39, 0.29) is 5.91 Å². The Morgan fingerprint density at radius 1 is 1.25 bits per heavy atom. The summed E-state index contributed by atoms with van der Waals surface area (Å²) in [6, 6.07) is 0. The van der Waals surface area contributed by atoms with E-state index in [1.165, 1.54) is 6.42 Å². The van der Waals surface area contributed by atoms with Crippen molar-refractivity contribution in [2.75, 3.05) is 20.1 Å². The first kappa shape index (κ1) is 11.4. The van der Waals surface area contributed by atoms with Crippen LogP contribution in [0.1, 0.15) is 32.6 Å². The maximum absolute atomic E-state index is 10.8. The molecular formula is C9H20N2O. The lowest BCUT2D eigenvalue weighted by molar-refractivity contribution is -0.120. The van der Waals surface area contributed by atoms with Crippen LogP contribution >= 0.6 is 0 Å². The van der Waals surface area contributed by atoms with Gasteiger partial charge in [-0.25, -0.2) is 0 Å². The Kier molecular flexibility index (Phi) is 8.12. The summed E-state index contributed by atoms with van der Waals surface area (Å²) in [6.07, 6.45) is 3.99. The van der Waals surface area contributed by atoms with Gasteiger partial charge in [-0.2, -0.15) is 0 Å². The summed E-state index contributed by atoms with van der Waals surface area (Å²) in [6.45, 7) is 4.21. The van der Waals surface area contributed by atoms with Crippen molar-refractivity contribution in [1.82, 2.24) is 10.6 Å². The van der Waals surface area contributed by atoms with E-state index in [4.69, 9.17) is 0 Å². The van der Waals surface area contributed by atoms with E-state index in [1.807, 2.05) is 0 Å². The summed E-state index contributed by atoms with van der Waals surface area (Å²) >= 11 is 0. The van der Waals surface area contributed by atoms with Gasteiger partial charge in [-0.1, -0.05) is 13.3 Å².